The number of nitrogen functional groups attached to an aromatic ring is 1. The normalized spacial score (nSPS) is 10.9. The van der Waals surface area contributed by atoms with Crippen LogP contribution < -0.4 is 5.73 Å². The quantitative estimate of drug-likeness (QED) is 0.748. The molecule has 0 unspecified atom stereocenters. The van der Waals surface area contributed by atoms with Gasteiger partial charge in [-0.25, -0.2) is 9.37 Å². The molecule has 0 bridgehead atoms. The minimum absolute atomic E-state index is 0.246. The highest BCUT2D eigenvalue weighted by Gasteiger charge is 2.08. The predicted octanol–water partition coefficient (Wildman–Crippen LogP) is 2.04. The first kappa shape index (κ1) is 10.7. The SMILES string of the molecule is Nc1cccc2nc(Cc3ccccc3F)nn12. The molecule has 2 aromatic heterocycles. The van der Waals surface area contributed by atoms with Gasteiger partial charge in [0.25, 0.3) is 0 Å². The van der Waals surface area contributed by atoms with E-state index < -0.39 is 0 Å². The second-order valence-electron chi connectivity index (χ2n) is 4.02. The fraction of sp³-hybridized carbons (Fsp3) is 0.0769. The number of fused-ring (bicyclic) bond motifs is 1. The van der Waals surface area contributed by atoms with Crippen LogP contribution in [0.2, 0.25) is 0 Å². The Kier molecular flexibility index (Phi) is 2.44. The summed E-state index contributed by atoms with van der Waals surface area (Å²) in [5.74, 6) is 0.821. The maximum atomic E-state index is 13.5. The molecule has 4 nitrogen and oxygen atoms in total. The Balaban J connectivity index is 2.01. The average molecular weight is 242 g/mol. The maximum absolute atomic E-state index is 13.5. The minimum Gasteiger partial charge on any atom is -0.384 e. The Morgan fingerprint density at radius 1 is 1.11 bits per heavy atom. The lowest BCUT2D eigenvalue weighted by Crippen LogP contribution is -1.98. The molecule has 3 aromatic rings. The molecular formula is C13H11FN4. The highest BCUT2D eigenvalue weighted by atomic mass is 19.1. The van der Waals surface area contributed by atoms with Crippen LogP contribution in [0.25, 0.3) is 5.65 Å². The molecule has 0 radical (unpaired) electrons. The molecule has 0 saturated carbocycles. The van der Waals surface area contributed by atoms with Gasteiger partial charge in [-0.1, -0.05) is 24.3 Å². The third-order valence-electron chi connectivity index (χ3n) is 2.74. The lowest BCUT2D eigenvalue weighted by molar-refractivity contribution is 0.612. The molecule has 90 valence electrons. The summed E-state index contributed by atoms with van der Waals surface area (Å²) in [7, 11) is 0. The van der Waals surface area contributed by atoms with Gasteiger partial charge in [0.1, 0.15) is 11.6 Å². The Bertz CT molecular complexity index is 705. The summed E-state index contributed by atoms with van der Waals surface area (Å²) in [6.07, 6.45) is 0.355. The molecule has 0 aliphatic rings. The molecule has 0 atom stereocenters. The molecule has 3 rings (SSSR count). The summed E-state index contributed by atoms with van der Waals surface area (Å²) in [5.41, 5.74) is 7.02. The first-order valence-corrected chi connectivity index (χ1v) is 5.57. The molecule has 18 heavy (non-hydrogen) atoms. The molecular weight excluding hydrogens is 231 g/mol. The summed E-state index contributed by atoms with van der Waals surface area (Å²) in [5, 5.41) is 4.26. The molecule has 0 aliphatic carbocycles. The predicted molar refractivity (Wildman–Crippen MR) is 66.6 cm³/mol. The number of hydrogen-bond donors (Lipinski definition) is 1. The Hall–Kier alpha value is -2.43. The highest BCUT2D eigenvalue weighted by Crippen LogP contribution is 2.13. The van der Waals surface area contributed by atoms with Crippen LogP contribution in [0.15, 0.2) is 42.5 Å². The van der Waals surface area contributed by atoms with Gasteiger partial charge in [0, 0.05) is 6.42 Å². The average Bonchev–Trinajstić information content (AvgIpc) is 2.76. The Labute approximate surface area is 103 Å². The van der Waals surface area contributed by atoms with Gasteiger partial charge in [-0.3, -0.25) is 0 Å². The molecule has 5 heteroatoms. The van der Waals surface area contributed by atoms with Crippen molar-refractivity contribution in [2.24, 2.45) is 0 Å². The van der Waals surface area contributed by atoms with E-state index in [2.05, 4.69) is 10.1 Å². The van der Waals surface area contributed by atoms with Crippen molar-refractivity contribution in [3.05, 3.63) is 59.7 Å². The Morgan fingerprint density at radius 2 is 1.94 bits per heavy atom. The van der Waals surface area contributed by atoms with Gasteiger partial charge in [0.2, 0.25) is 0 Å². The van der Waals surface area contributed by atoms with Crippen molar-refractivity contribution in [1.29, 1.82) is 0 Å². The van der Waals surface area contributed by atoms with Crippen LogP contribution in [0.5, 0.6) is 0 Å². The van der Waals surface area contributed by atoms with E-state index in [0.29, 0.717) is 29.3 Å². The Morgan fingerprint density at radius 3 is 2.72 bits per heavy atom. The topological polar surface area (TPSA) is 56.2 Å². The fourth-order valence-electron chi connectivity index (χ4n) is 1.86. The maximum Gasteiger partial charge on any atom is 0.157 e. The van der Waals surface area contributed by atoms with E-state index >= 15 is 0 Å². The van der Waals surface area contributed by atoms with Crippen molar-refractivity contribution < 1.29 is 4.39 Å². The second-order valence-corrected chi connectivity index (χ2v) is 4.02. The summed E-state index contributed by atoms with van der Waals surface area (Å²) in [4.78, 5) is 4.32. The molecule has 0 amide bonds. The van der Waals surface area contributed by atoms with Crippen molar-refractivity contribution in [3.8, 4) is 0 Å². The molecule has 1 aromatic carbocycles. The zero-order valence-electron chi connectivity index (χ0n) is 9.55. The van der Waals surface area contributed by atoms with E-state index in [1.54, 1.807) is 28.8 Å². The van der Waals surface area contributed by atoms with E-state index in [1.807, 2.05) is 12.1 Å². The zero-order chi connectivity index (χ0) is 12.5. The number of halogens is 1. The first-order chi connectivity index (χ1) is 8.74. The number of aromatic nitrogens is 3. The van der Waals surface area contributed by atoms with Crippen molar-refractivity contribution in [3.63, 3.8) is 0 Å². The largest absolute Gasteiger partial charge is 0.384 e. The summed E-state index contributed by atoms with van der Waals surface area (Å²) >= 11 is 0. The van der Waals surface area contributed by atoms with E-state index in [1.165, 1.54) is 6.07 Å². The second kappa shape index (κ2) is 4.10. The van der Waals surface area contributed by atoms with Gasteiger partial charge < -0.3 is 5.73 Å². The van der Waals surface area contributed by atoms with Gasteiger partial charge in [-0.2, -0.15) is 4.52 Å². The molecule has 0 saturated heterocycles. The number of pyridine rings is 1. The number of benzene rings is 1. The first-order valence-electron chi connectivity index (χ1n) is 5.57. The van der Waals surface area contributed by atoms with Crippen LogP contribution in [0.1, 0.15) is 11.4 Å². The van der Waals surface area contributed by atoms with Gasteiger partial charge in [-0.05, 0) is 23.8 Å². The summed E-state index contributed by atoms with van der Waals surface area (Å²) in [6, 6.07) is 12.0. The van der Waals surface area contributed by atoms with Crippen LogP contribution in [0.3, 0.4) is 0 Å². The van der Waals surface area contributed by atoms with Crippen molar-refractivity contribution in [2.45, 2.75) is 6.42 Å². The highest BCUT2D eigenvalue weighted by molar-refractivity contribution is 5.46. The zero-order valence-corrected chi connectivity index (χ0v) is 9.55. The van der Waals surface area contributed by atoms with Gasteiger partial charge in [-0.15, -0.1) is 5.10 Å². The molecule has 0 spiro atoms. The molecule has 0 fully saturated rings. The molecule has 2 N–H and O–H groups in total. The van der Waals surface area contributed by atoms with Crippen molar-refractivity contribution >= 4 is 11.5 Å². The lowest BCUT2D eigenvalue weighted by Gasteiger charge is -1.98. The van der Waals surface area contributed by atoms with Crippen LogP contribution in [-0.4, -0.2) is 14.6 Å². The van der Waals surface area contributed by atoms with Crippen LogP contribution >= 0.6 is 0 Å². The number of hydrogen-bond acceptors (Lipinski definition) is 3. The van der Waals surface area contributed by atoms with E-state index in [0.717, 1.165) is 0 Å². The van der Waals surface area contributed by atoms with Crippen molar-refractivity contribution in [1.82, 2.24) is 14.6 Å². The number of nitrogens with zero attached hydrogens (tertiary/aromatic N) is 3. The number of nitrogens with two attached hydrogens (primary N) is 1. The van der Waals surface area contributed by atoms with Gasteiger partial charge >= 0.3 is 0 Å². The third kappa shape index (κ3) is 1.79. The van der Waals surface area contributed by atoms with E-state index in [9.17, 15) is 4.39 Å². The monoisotopic (exact) mass is 242 g/mol. The van der Waals surface area contributed by atoms with Crippen LogP contribution in [0.4, 0.5) is 10.2 Å². The number of anilines is 1. The molecule has 0 aliphatic heterocycles. The van der Waals surface area contributed by atoms with Crippen molar-refractivity contribution in [2.75, 3.05) is 5.73 Å². The fourth-order valence-corrected chi connectivity index (χ4v) is 1.86. The van der Waals surface area contributed by atoms with Crippen LogP contribution in [-0.2, 0) is 6.42 Å². The van der Waals surface area contributed by atoms with Gasteiger partial charge in [0.15, 0.2) is 11.5 Å². The van der Waals surface area contributed by atoms with Crippen LogP contribution in [0, 0.1) is 5.82 Å². The minimum atomic E-state index is -0.246. The smallest absolute Gasteiger partial charge is 0.157 e. The third-order valence-corrected chi connectivity index (χ3v) is 2.74. The van der Waals surface area contributed by atoms with E-state index in [-0.39, 0.29) is 5.82 Å². The lowest BCUT2D eigenvalue weighted by atomic mass is 10.1. The summed E-state index contributed by atoms with van der Waals surface area (Å²) < 4.78 is 15.1. The number of rotatable bonds is 2. The standard InChI is InChI=1S/C13H11FN4/c14-10-5-2-1-4-9(10)8-12-16-13-7-3-6-11(15)18(13)17-12/h1-7H,8,15H2. The molecule has 2 heterocycles. The van der Waals surface area contributed by atoms with Gasteiger partial charge in [0.05, 0.1) is 0 Å². The summed E-state index contributed by atoms with van der Waals surface area (Å²) in [6.45, 7) is 0. The van der Waals surface area contributed by atoms with E-state index in [4.69, 9.17) is 5.73 Å².